The quantitative estimate of drug-likeness (QED) is 0.0330. The molecule has 13 rings (SSSR count). The van der Waals surface area contributed by atoms with Crippen LogP contribution in [0.2, 0.25) is 106 Å². The first-order valence-corrected chi connectivity index (χ1v) is 74.5. The first-order chi connectivity index (χ1) is 60.7. The first kappa shape index (κ1) is 114. The van der Waals surface area contributed by atoms with E-state index in [2.05, 4.69) is 380 Å². The van der Waals surface area contributed by atoms with Gasteiger partial charge < -0.3 is 15.0 Å². The Bertz CT molecular complexity index is 5100. The molecule has 0 saturated heterocycles. The van der Waals surface area contributed by atoms with Crippen molar-refractivity contribution in [1.82, 2.24) is 29.9 Å². The normalized spacial score (nSPS) is 11.5. The van der Waals surface area contributed by atoms with Crippen LogP contribution in [0.15, 0.2) is 256 Å². The van der Waals surface area contributed by atoms with E-state index >= 15 is 0 Å². The molecule has 0 aliphatic rings. The number of hydrogen-bond donors (Lipinski definition) is 0. The Morgan fingerprint density at radius 1 is 0.246 bits per heavy atom. The number of nitrogens with zero attached hydrogens (tertiary/aromatic N) is 6. The van der Waals surface area contributed by atoms with Crippen LogP contribution in [-0.2, 0) is 86.0 Å². The fraction of sp³-hybridized carbons (Fsp3) is 0.374. The van der Waals surface area contributed by atoms with Gasteiger partial charge in [0.05, 0.1) is 24.2 Å². The molecule has 13 aromatic rings. The Morgan fingerprint density at radius 3 is 0.769 bits per heavy atom. The van der Waals surface area contributed by atoms with Crippen molar-refractivity contribution in [3.63, 3.8) is 0 Å². The first-order valence-electron chi connectivity index (χ1n) is 47.5. The van der Waals surface area contributed by atoms with Crippen LogP contribution in [0.3, 0.4) is 0 Å². The summed E-state index contributed by atoms with van der Waals surface area (Å²) in [4.78, 5) is 28.4. The van der Waals surface area contributed by atoms with Gasteiger partial charge in [-0.15, -0.1) is 107 Å². The average Bonchev–Trinajstić information content (AvgIpc) is 0.789. The molecule has 0 spiro atoms. The molecule has 130 heavy (non-hydrogen) atoms. The van der Waals surface area contributed by atoms with Crippen LogP contribution < -0.4 is 28.7 Å². The summed E-state index contributed by atoms with van der Waals surface area (Å²) in [6.07, 6.45) is 17.4. The van der Waals surface area contributed by atoms with Gasteiger partial charge in [-0.2, -0.15) is 0 Å². The van der Waals surface area contributed by atoms with Crippen LogP contribution >= 0.6 is 0 Å². The second-order valence-electron chi connectivity index (χ2n) is 39.2. The minimum Gasteiger partial charge on any atom is -0.305 e. The zero-order chi connectivity index (χ0) is 92.5. The van der Waals surface area contributed by atoms with Crippen molar-refractivity contribution in [2.75, 3.05) is 0 Å². The van der Waals surface area contributed by atoms with Gasteiger partial charge in [0.1, 0.15) is 0 Å². The van der Waals surface area contributed by atoms with Gasteiger partial charge in [-0.05, 0) is 50.5 Å². The number of rotatable bonds is 30. The fourth-order valence-electron chi connectivity index (χ4n) is 17.3. The topological polar surface area (TPSA) is 77.3 Å². The molecule has 0 unspecified atom stereocenters. The molecule has 6 heterocycles. The summed E-state index contributed by atoms with van der Waals surface area (Å²) in [5, 5.41) is 16.5. The summed E-state index contributed by atoms with van der Waals surface area (Å²) in [5.74, 6) is 2.69. The Balaban J connectivity index is 0.000000276. The van der Waals surface area contributed by atoms with Crippen LogP contribution in [0.25, 0.3) is 78.7 Å². The molecule has 0 atom stereocenters. The van der Waals surface area contributed by atoms with Crippen molar-refractivity contribution in [3.05, 3.63) is 314 Å². The molecule has 0 N–H and O–H groups in total. The van der Waals surface area contributed by atoms with Gasteiger partial charge in [-0.1, -0.05) is 139 Å². The molecule has 697 valence electrons. The van der Waals surface area contributed by atoms with E-state index in [0.717, 1.165) is 93.2 Å². The van der Waals surface area contributed by atoms with Gasteiger partial charge in [-0.3, -0.25) is 0 Å². The van der Waals surface area contributed by atoms with E-state index in [1.807, 2.05) is 103 Å². The van der Waals surface area contributed by atoms with Gasteiger partial charge in [-0.25, -0.2) is 0 Å². The smallest absolute Gasteiger partial charge is 0.0795 e. The third-order valence-electron chi connectivity index (χ3n) is 25.5. The number of benzene rings is 7. The van der Waals surface area contributed by atoms with Crippen LogP contribution in [-0.4, -0.2) is 93.9 Å². The predicted molar refractivity (Wildman–Crippen MR) is 570 cm³/mol. The monoisotopic (exact) mass is 2500 g/mol. The van der Waals surface area contributed by atoms with Crippen molar-refractivity contribution >= 4 is 92.8 Å². The van der Waals surface area contributed by atoms with E-state index in [0.29, 0.717) is 23.7 Å². The molecule has 6 nitrogen and oxygen atoms in total. The van der Waals surface area contributed by atoms with Gasteiger partial charge in [0.15, 0.2) is 0 Å². The third kappa shape index (κ3) is 33.3. The van der Waals surface area contributed by atoms with E-state index in [1.54, 1.807) is 29.9 Å². The van der Waals surface area contributed by atoms with Gasteiger partial charge in [0.2, 0.25) is 0 Å². The van der Waals surface area contributed by atoms with Gasteiger partial charge >= 0.3 is 434 Å². The Hall–Kier alpha value is -6.33. The van der Waals surface area contributed by atoms with Crippen LogP contribution in [0.5, 0.6) is 0 Å². The summed E-state index contributed by atoms with van der Waals surface area (Å²) in [5.41, 5.74) is 21.3. The van der Waals surface area contributed by atoms with Gasteiger partial charge in [0, 0.05) is 78.9 Å². The number of hydrogen-bond acceptors (Lipinski definition) is 6. The van der Waals surface area contributed by atoms with E-state index in [9.17, 15) is 0 Å². The maximum atomic E-state index is 4.84. The van der Waals surface area contributed by atoms with E-state index in [-0.39, 0.29) is 60.3 Å². The molecule has 0 bridgehead atoms. The van der Waals surface area contributed by atoms with Crippen LogP contribution in [0, 0.1) is 60.1 Å². The molecule has 7 aromatic carbocycles. The minimum absolute atomic E-state index is 0. The molecule has 0 aliphatic heterocycles. The van der Waals surface area contributed by atoms with Crippen molar-refractivity contribution in [3.8, 4) is 78.7 Å². The number of aromatic nitrogens is 6. The Morgan fingerprint density at radius 2 is 0.508 bits per heavy atom. The van der Waals surface area contributed by atoms with Crippen LogP contribution in [0.1, 0.15) is 140 Å². The molecular formula is C115H150Ge3Ir3N6Si3-6. The largest absolute Gasteiger partial charge is 0.305 e. The zero-order valence-electron chi connectivity index (χ0n) is 83.4. The third-order valence-corrected chi connectivity index (χ3v) is 67.2. The molecule has 6 aromatic heterocycles. The Kier molecular flexibility index (Phi) is 48.9. The molecule has 0 fully saturated rings. The van der Waals surface area contributed by atoms with Crippen molar-refractivity contribution < 1.29 is 60.3 Å². The summed E-state index contributed by atoms with van der Waals surface area (Å²) in [7, 11) is -3.86. The summed E-state index contributed by atoms with van der Waals surface area (Å²) >= 11 is -5.95. The van der Waals surface area contributed by atoms with Gasteiger partial charge in [0.25, 0.3) is 0 Å². The SMILES string of the molecule is CC(C)Cc1cc(-c2[c-]cccc2)ncc1[Si](C)(C)C.C[CH2][Ge]([CH2]C)([CH2]C)[c]1cnc(-c2[c-]cccc2)cc1CC(C)C.C[CH2][Ge]([CH2]C)([CH2]C)[c]1cnc(-c2[c-]cccc2)cc1CC(C)C.C[CH2][Ge]([CH2]C)([CH2]C)[c]1cnc(-c2[c-]cccc2)cc1CC(C)C.C[Si](C)(C)c1ccc(-c2[c-]ccc(-c3ccccc3)c2)nc1.C[Si](C)(C)c1ccc(-c2[c-]cccc2)nc1.[Ir].[Ir].[Ir]. The van der Waals surface area contributed by atoms with E-state index < -0.39 is 64.0 Å². The zero-order valence-corrected chi connectivity index (χ0v) is 99.9. The molecule has 3 radical (unpaired) electrons. The summed E-state index contributed by atoms with van der Waals surface area (Å²) in [6, 6.07) is 94.8. The second-order valence-corrected chi connectivity index (χ2v) is 87.2. The molecule has 0 aliphatic carbocycles. The predicted octanol–water partition coefficient (Wildman–Crippen LogP) is 28.5. The van der Waals surface area contributed by atoms with Crippen molar-refractivity contribution in [1.29, 1.82) is 0 Å². The standard InChI is InChI=1S/3C21H30GeN.C20H20NSi.C18H24NSi.C14H16NSi.3Ir/c3*1-6-22(7-2,8-3)20-16-23-21(15-19(20)14-17(4)5)18-12-10-9-11-13-18;1-22(2,3)19-12-13-20(21-15-19)18-11-7-10-17(14-18)16-8-5-4-6-9-16;1-14(2)11-16-12-17(15-9-7-6-8-10-15)19-13-18(16)20(3,4)5;1-16(2,3)13-9-10-14(15-11-13)12-7-5-4-6-8-12;;;/h3*9-12,15-17H,6-8,14H2,1-5H3;4-10,12-15H,1-3H3;6-9,12-14H,11H2,1-5H3;4-7,9-11H,1-3H3;;;/q6*-1;;;. The fourth-order valence-corrected chi connectivity index (χ4v) is 45.1. The van der Waals surface area contributed by atoms with Crippen molar-refractivity contribution in [2.45, 2.75) is 250 Å². The van der Waals surface area contributed by atoms with E-state index in [4.69, 9.17) is 15.0 Å². The number of pyridine rings is 6. The van der Waals surface area contributed by atoms with E-state index in [1.165, 1.54) is 79.5 Å². The van der Waals surface area contributed by atoms with Crippen molar-refractivity contribution in [2.24, 2.45) is 23.7 Å². The molecular weight excluding hydrogens is 2340 g/mol. The maximum Gasteiger partial charge on any atom is 0.0795 e. The average molecular weight is 2500 g/mol. The van der Waals surface area contributed by atoms with Crippen LogP contribution in [0.4, 0.5) is 0 Å². The maximum absolute atomic E-state index is 4.84. The second kappa shape index (κ2) is 55.6. The molecule has 15 heteroatoms. The minimum atomic E-state index is -1.98. The molecule has 0 saturated carbocycles. The summed E-state index contributed by atoms with van der Waals surface area (Å²) < 4.78 is 4.93. The molecule has 0 amide bonds. The Labute approximate surface area is 840 Å². The summed E-state index contributed by atoms with van der Waals surface area (Å²) in [6.45, 7) is 61.2.